The Labute approximate surface area is 71.4 Å². The van der Waals surface area contributed by atoms with Crippen molar-refractivity contribution in [1.29, 1.82) is 0 Å². The lowest BCUT2D eigenvalue weighted by Gasteiger charge is -1.98. The maximum atomic E-state index is 8.75. The Bertz CT molecular complexity index is 205. The third kappa shape index (κ3) is 2.56. The molecule has 0 atom stereocenters. The Hall–Kier alpha value is -0.470. The summed E-state index contributed by atoms with van der Waals surface area (Å²) < 4.78 is 0. The van der Waals surface area contributed by atoms with Gasteiger partial charge < -0.3 is 5.11 Å². The molecular weight excluding hydrogens is 156 g/mol. The first-order valence-electron chi connectivity index (χ1n) is 3.69. The maximum absolute atomic E-state index is 8.75. The Morgan fingerprint density at radius 3 is 2.36 bits per heavy atom. The number of hydrogen-bond acceptors (Lipinski definition) is 2. The van der Waals surface area contributed by atoms with Gasteiger partial charge in [0.2, 0.25) is 0 Å². The summed E-state index contributed by atoms with van der Waals surface area (Å²) in [6.45, 7) is 2.27. The molecule has 0 fully saturated rings. The monoisotopic (exact) mass is 168 g/mol. The lowest BCUT2D eigenvalue weighted by Crippen LogP contribution is -1.81. The van der Waals surface area contributed by atoms with Crippen molar-refractivity contribution in [2.75, 3.05) is 5.75 Å². The highest BCUT2D eigenvalue weighted by Gasteiger charge is 1.91. The number of aliphatic hydroxyl groups excluding tert-OH is 1. The maximum Gasteiger partial charge on any atom is 0.0681 e. The average molecular weight is 168 g/mol. The summed E-state index contributed by atoms with van der Waals surface area (Å²) in [6.07, 6.45) is 0. The molecule has 2 heteroatoms. The van der Waals surface area contributed by atoms with Crippen molar-refractivity contribution >= 4 is 11.8 Å². The summed E-state index contributed by atoms with van der Waals surface area (Å²) in [5.41, 5.74) is 0.977. The molecule has 11 heavy (non-hydrogen) atoms. The second-order valence-corrected chi connectivity index (χ2v) is 3.57. The molecule has 1 aromatic carbocycles. The van der Waals surface area contributed by atoms with Crippen LogP contribution in [-0.4, -0.2) is 10.9 Å². The summed E-state index contributed by atoms with van der Waals surface area (Å²) in [6, 6.07) is 8.00. The summed E-state index contributed by atoms with van der Waals surface area (Å²) in [5.74, 6) is 1.10. The van der Waals surface area contributed by atoms with Crippen LogP contribution in [0.2, 0.25) is 0 Å². The molecule has 1 N–H and O–H groups in total. The molecule has 0 saturated carbocycles. The molecule has 0 heterocycles. The van der Waals surface area contributed by atoms with Crippen LogP contribution in [-0.2, 0) is 6.61 Å². The molecule has 0 aromatic heterocycles. The lowest BCUT2D eigenvalue weighted by molar-refractivity contribution is 0.282. The third-order valence-corrected chi connectivity index (χ3v) is 2.31. The second kappa shape index (κ2) is 4.42. The topological polar surface area (TPSA) is 20.2 Å². The predicted octanol–water partition coefficient (Wildman–Crippen LogP) is 2.29. The first kappa shape index (κ1) is 8.62. The molecule has 1 nitrogen and oxygen atoms in total. The van der Waals surface area contributed by atoms with E-state index in [9.17, 15) is 0 Å². The molecule has 0 radical (unpaired) electrons. The van der Waals surface area contributed by atoms with Gasteiger partial charge in [-0.2, -0.15) is 0 Å². The third-order valence-electron chi connectivity index (χ3n) is 1.42. The van der Waals surface area contributed by atoms with Crippen LogP contribution in [0.5, 0.6) is 0 Å². The molecule has 0 bridgehead atoms. The first-order chi connectivity index (χ1) is 5.36. The molecule has 0 aliphatic rings. The normalized spacial score (nSPS) is 10.0. The van der Waals surface area contributed by atoms with Gasteiger partial charge in [0.25, 0.3) is 0 Å². The van der Waals surface area contributed by atoms with Crippen molar-refractivity contribution in [3.05, 3.63) is 29.8 Å². The van der Waals surface area contributed by atoms with Gasteiger partial charge in [0.05, 0.1) is 6.61 Å². The van der Waals surface area contributed by atoms with Crippen LogP contribution >= 0.6 is 11.8 Å². The SMILES string of the molecule is CCSc1ccc(CO)cc1. The number of hydrogen-bond donors (Lipinski definition) is 1. The molecular formula is C9H12OS. The largest absolute Gasteiger partial charge is 0.392 e. The number of rotatable bonds is 3. The van der Waals surface area contributed by atoms with E-state index < -0.39 is 0 Å². The predicted molar refractivity (Wildman–Crippen MR) is 48.8 cm³/mol. The van der Waals surface area contributed by atoms with E-state index in [1.807, 2.05) is 36.0 Å². The van der Waals surface area contributed by atoms with E-state index in [4.69, 9.17) is 5.11 Å². The molecule has 1 aromatic rings. The Balaban J connectivity index is 2.66. The summed E-state index contributed by atoms with van der Waals surface area (Å²) in [5, 5.41) is 8.75. The fourth-order valence-electron chi connectivity index (χ4n) is 0.858. The van der Waals surface area contributed by atoms with Crippen LogP contribution in [0.4, 0.5) is 0 Å². The number of thioether (sulfide) groups is 1. The molecule has 0 aliphatic heterocycles. The van der Waals surface area contributed by atoms with Crippen LogP contribution in [0.1, 0.15) is 12.5 Å². The van der Waals surface area contributed by atoms with E-state index in [-0.39, 0.29) is 6.61 Å². The zero-order chi connectivity index (χ0) is 8.10. The summed E-state index contributed by atoms with van der Waals surface area (Å²) >= 11 is 1.81. The van der Waals surface area contributed by atoms with Crippen LogP contribution in [0.15, 0.2) is 29.2 Å². The van der Waals surface area contributed by atoms with Crippen LogP contribution < -0.4 is 0 Å². The van der Waals surface area contributed by atoms with Crippen LogP contribution in [0, 0.1) is 0 Å². The quantitative estimate of drug-likeness (QED) is 0.699. The van der Waals surface area contributed by atoms with Crippen molar-refractivity contribution in [2.45, 2.75) is 18.4 Å². The van der Waals surface area contributed by atoms with E-state index in [0.717, 1.165) is 11.3 Å². The Kier molecular flexibility index (Phi) is 3.46. The highest BCUT2D eigenvalue weighted by molar-refractivity contribution is 7.99. The molecule has 0 amide bonds. The Morgan fingerprint density at radius 2 is 1.91 bits per heavy atom. The van der Waals surface area contributed by atoms with Gasteiger partial charge in [-0.05, 0) is 23.4 Å². The zero-order valence-corrected chi connectivity index (χ0v) is 7.40. The second-order valence-electron chi connectivity index (χ2n) is 2.24. The van der Waals surface area contributed by atoms with Gasteiger partial charge in [-0.1, -0.05) is 19.1 Å². The Morgan fingerprint density at radius 1 is 1.27 bits per heavy atom. The highest BCUT2D eigenvalue weighted by atomic mass is 32.2. The summed E-state index contributed by atoms with van der Waals surface area (Å²) in [4.78, 5) is 1.27. The van der Waals surface area contributed by atoms with Crippen molar-refractivity contribution in [1.82, 2.24) is 0 Å². The molecule has 0 saturated heterocycles. The zero-order valence-electron chi connectivity index (χ0n) is 6.58. The van der Waals surface area contributed by atoms with Gasteiger partial charge >= 0.3 is 0 Å². The standard InChI is InChI=1S/C9H12OS/c1-2-11-9-5-3-8(7-10)4-6-9/h3-6,10H,2,7H2,1H3. The number of benzene rings is 1. The first-order valence-corrected chi connectivity index (χ1v) is 4.68. The van der Waals surface area contributed by atoms with E-state index in [1.54, 1.807) is 0 Å². The van der Waals surface area contributed by atoms with E-state index >= 15 is 0 Å². The van der Waals surface area contributed by atoms with Gasteiger partial charge in [-0.25, -0.2) is 0 Å². The number of aliphatic hydroxyl groups is 1. The molecule has 60 valence electrons. The molecule has 1 rings (SSSR count). The van der Waals surface area contributed by atoms with E-state index in [2.05, 4.69) is 6.92 Å². The smallest absolute Gasteiger partial charge is 0.0681 e. The van der Waals surface area contributed by atoms with Crippen LogP contribution in [0.25, 0.3) is 0 Å². The van der Waals surface area contributed by atoms with Crippen molar-refractivity contribution in [2.24, 2.45) is 0 Å². The van der Waals surface area contributed by atoms with Gasteiger partial charge in [0.1, 0.15) is 0 Å². The van der Waals surface area contributed by atoms with Gasteiger partial charge in [-0.3, -0.25) is 0 Å². The average Bonchev–Trinajstić information content (AvgIpc) is 2.07. The molecule has 0 aliphatic carbocycles. The fraction of sp³-hybridized carbons (Fsp3) is 0.333. The minimum absolute atomic E-state index is 0.136. The van der Waals surface area contributed by atoms with Crippen molar-refractivity contribution < 1.29 is 5.11 Å². The van der Waals surface area contributed by atoms with Crippen LogP contribution in [0.3, 0.4) is 0 Å². The van der Waals surface area contributed by atoms with E-state index in [0.29, 0.717) is 0 Å². The fourth-order valence-corrected chi connectivity index (χ4v) is 1.52. The minimum Gasteiger partial charge on any atom is -0.392 e. The van der Waals surface area contributed by atoms with Gasteiger partial charge in [0, 0.05) is 4.90 Å². The van der Waals surface area contributed by atoms with Gasteiger partial charge in [-0.15, -0.1) is 11.8 Å². The highest BCUT2D eigenvalue weighted by Crippen LogP contribution is 2.17. The van der Waals surface area contributed by atoms with E-state index in [1.165, 1.54) is 4.90 Å². The molecule has 0 unspecified atom stereocenters. The van der Waals surface area contributed by atoms with Gasteiger partial charge in [0.15, 0.2) is 0 Å². The molecule has 0 spiro atoms. The minimum atomic E-state index is 0.136. The lowest BCUT2D eigenvalue weighted by atomic mass is 10.2. The van der Waals surface area contributed by atoms with Crippen molar-refractivity contribution in [3.8, 4) is 0 Å². The van der Waals surface area contributed by atoms with Crippen molar-refractivity contribution in [3.63, 3.8) is 0 Å². The summed E-state index contributed by atoms with van der Waals surface area (Å²) in [7, 11) is 0.